The molecule has 0 bridgehead atoms. The molecular weight excluding hydrogens is 218 g/mol. The predicted octanol–water partition coefficient (Wildman–Crippen LogP) is 2.52. The van der Waals surface area contributed by atoms with Crippen LogP contribution in [0.5, 0.6) is 0 Å². The van der Waals surface area contributed by atoms with Crippen LogP contribution in [0.1, 0.15) is 38.0 Å². The van der Waals surface area contributed by atoms with Crippen LogP contribution in [0.4, 0.5) is 0 Å². The Bertz CT molecular complexity index is 337. The van der Waals surface area contributed by atoms with Gasteiger partial charge in [0.2, 0.25) is 0 Å². The topological polar surface area (TPSA) is 46.2 Å². The molecule has 3 heteroatoms. The molecule has 1 aliphatic carbocycles. The van der Waals surface area contributed by atoms with Crippen molar-refractivity contribution in [3.8, 4) is 0 Å². The Morgan fingerprint density at radius 1 is 1.50 bits per heavy atom. The Morgan fingerprint density at radius 3 is 2.56 bits per heavy atom. The average molecular weight is 239 g/mol. The van der Waals surface area contributed by atoms with Gasteiger partial charge in [0, 0.05) is 22.4 Å². The van der Waals surface area contributed by atoms with Crippen LogP contribution in [0.2, 0.25) is 0 Å². The van der Waals surface area contributed by atoms with E-state index < -0.39 is 0 Å². The number of nitrogens with two attached hydrogens (primary N) is 1. The third kappa shape index (κ3) is 1.81. The van der Waals surface area contributed by atoms with E-state index in [-0.39, 0.29) is 17.6 Å². The van der Waals surface area contributed by atoms with E-state index >= 15 is 0 Å². The minimum absolute atomic E-state index is 0.0318. The molecule has 1 aliphatic rings. The molecule has 0 amide bonds. The van der Waals surface area contributed by atoms with E-state index in [2.05, 4.69) is 31.4 Å². The summed E-state index contributed by atoms with van der Waals surface area (Å²) in [6.45, 7) is 4.41. The highest BCUT2D eigenvalue weighted by molar-refractivity contribution is 7.10. The summed E-state index contributed by atoms with van der Waals surface area (Å²) in [5.41, 5.74) is 6.12. The fourth-order valence-corrected chi connectivity index (χ4v) is 4.18. The minimum Gasteiger partial charge on any atom is -0.396 e. The highest BCUT2D eigenvalue weighted by atomic mass is 32.1. The van der Waals surface area contributed by atoms with Gasteiger partial charge in [-0.1, -0.05) is 6.07 Å². The number of rotatable bonds is 5. The SMILES string of the molecule is CC(C)(N)C(CCO)(c1cccs1)C1CC1. The first-order valence-electron chi connectivity index (χ1n) is 5.96. The van der Waals surface area contributed by atoms with E-state index in [0.29, 0.717) is 5.92 Å². The Labute approximate surface area is 101 Å². The molecule has 1 aromatic heterocycles. The van der Waals surface area contributed by atoms with Crippen molar-refractivity contribution < 1.29 is 5.11 Å². The maximum atomic E-state index is 9.39. The van der Waals surface area contributed by atoms with Crippen LogP contribution in [-0.4, -0.2) is 17.3 Å². The first-order valence-corrected chi connectivity index (χ1v) is 6.84. The number of hydrogen-bond acceptors (Lipinski definition) is 3. The van der Waals surface area contributed by atoms with Crippen LogP contribution < -0.4 is 5.73 Å². The molecule has 0 aliphatic heterocycles. The quantitative estimate of drug-likeness (QED) is 0.829. The Hall–Kier alpha value is -0.380. The molecule has 0 saturated heterocycles. The Morgan fingerprint density at radius 2 is 2.19 bits per heavy atom. The summed E-state index contributed by atoms with van der Waals surface area (Å²) in [4.78, 5) is 1.34. The summed E-state index contributed by atoms with van der Waals surface area (Å²) >= 11 is 1.77. The Kier molecular flexibility index (Phi) is 3.12. The molecule has 0 aromatic carbocycles. The van der Waals surface area contributed by atoms with Gasteiger partial charge >= 0.3 is 0 Å². The van der Waals surface area contributed by atoms with E-state index in [1.165, 1.54) is 17.7 Å². The van der Waals surface area contributed by atoms with Gasteiger partial charge in [-0.2, -0.15) is 0 Å². The molecule has 0 radical (unpaired) electrons. The van der Waals surface area contributed by atoms with E-state index in [4.69, 9.17) is 5.73 Å². The maximum Gasteiger partial charge on any atom is 0.0440 e. The summed E-state index contributed by atoms with van der Waals surface area (Å²) in [6.07, 6.45) is 3.28. The van der Waals surface area contributed by atoms with Gasteiger partial charge in [-0.05, 0) is 50.5 Å². The fraction of sp³-hybridized carbons (Fsp3) is 0.692. The number of thiophene rings is 1. The van der Waals surface area contributed by atoms with Gasteiger partial charge in [-0.25, -0.2) is 0 Å². The van der Waals surface area contributed by atoms with Crippen LogP contribution in [0.15, 0.2) is 17.5 Å². The number of aliphatic hydroxyl groups excluding tert-OH is 1. The number of hydrogen-bond donors (Lipinski definition) is 2. The summed E-state index contributed by atoms with van der Waals surface area (Å²) < 4.78 is 0. The van der Waals surface area contributed by atoms with Crippen molar-refractivity contribution in [3.05, 3.63) is 22.4 Å². The van der Waals surface area contributed by atoms with Gasteiger partial charge in [-0.15, -0.1) is 11.3 Å². The molecule has 0 spiro atoms. The summed E-state index contributed by atoms with van der Waals surface area (Å²) in [7, 11) is 0. The molecule has 2 nitrogen and oxygen atoms in total. The average Bonchev–Trinajstić information content (AvgIpc) is 2.88. The fourth-order valence-electron chi connectivity index (χ4n) is 2.98. The lowest BCUT2D eigenvalue weighted by Gasteiger charge is -2.44. The van der Waals surface area contributed by atoms with Crippen LogP contribution in [0.3, 0.4) is 0 Å². The van der Waals surface area contributed by atoms with Gasteiger partial charge in [0.15, 0.2) is 0 Å². The summed E-state index contributed by atoms with van der Waals surface area (Å²) in [5.74, 6) is 0.651. The normalized spacial score (nSPS) is 20.8. The second kappa shape index (κ2) is 4.13. The molecule has 90 valence electrons. The molecule has 3 N–H and O–H groups in total. The van der Waals surface area contributed by atoms with Crippen LogP contribution in [0.25, 0.3) is 0 Å². The molecule has 16 heavy (non-hydrogen) atoms. The van der Waals surface area contributed by atoms with Crippen molar-refractivity contribution in [2.45, 2.75) is 44.1 Å². The van der Waals surface area contributed by atoms with Gasteiger partial charge in [0.05, 0.1) is 0 Å². The van der Waals surface area contributed by atoms with E-state index in [0.717, 1.165) is 6.42 Å². The van der Waals surface area contributed by atoms with Crippen molar-refractivity contribution >= 4 is 11.3 Å². The molecule has 1 atom stereocenters. The van der Waals surface area contributed by atoms with Gasteiger partial charge in [0.1, 0.15) is 0 Å². The van der Waals surface area contributed by atoms with Crippen LogP contribution in [-0.2, 0) is 5.41 Å². The van der Waals surface area contributed by atoms with E-state index in [1.54, 1.807) is 11.3 Å². The molecule has 2 rings (SSSR count). The second-order valence-corrected chi connectivity index (χ2v) is 6.37. The second-order valence-electron chi connectivity index (χ2n) is 5.42. The highest BCUT2D eigenvalue weighted by Gasteiger charge is 2.54. The van der Waals surface area contributed by atoms with Crippen molar-refractivity contribution in [2.75, 3.05) is 6.61 Å². The van der Waals surface area contributed by atoms with Gasteiger partial charge in [0.25, 0.3) is 0 Å². The first-order chi connectivity index (χ1) is 7.52. The molecule has 1 saturated carbocycles. The molecule has 1 unspecified atom stereocenters. The smallest absolute Gasteiger partial charge is 0.0440 e. The van der Waals surface area contributed by atoms with Crippen molar-refractivity contribution in [1.29, 1.82) is 0 Å². The monoisotopic (exact) mass is 239 g/mol. The first kappa shape index (κ1) is 12.1. The van der Waals surface area contributed by atoms with Crippen LogP contribution in [0, 0.1) is 5.92 Å². The van der Waals surface area contributed by atoms with Crippen molar-refractivity contribution in [2.24, 2.45) is 11.7 Å². The third-order valence-electron chi connectivity index (χ3n) is 3.89. The van der Waals surface area contributed by atoms with E-state index in [1.807, 2.05) is 0 Å². The zero-order valence-corrected chi connectivity index (χ0v) is 10.9. The zero-order valence-electron chi connectivity index (χ0n) is 10.1. The lowest BCUT2D eigenvalue weighted by atomic mass is 9.65. The molecule has 1 heterocycles. The molecule has 1 aromatic rings. The minimum atomic E-state index is -0.276. The number of aliphatic hydroxyl groups is 1. The lowest BCUT2D eigenvalue weighted by molar-refractivity contribution is 0.156. The predicted molar refractivity (Wildman–Crippen MR) is 68.7 cm³/mol. The Balaban J connectivity index is 2.44. The summed E-state index contributed by atoms with van der Waals surface area (Å²) in [5, 5.41) is 11.5. The molecule has 1 fully saturated rings. The lowest BCUT2D eigenvalue weighted by Crippen LogP contribution is -2.55. The third-order valence-corrected chi connectivity index (χ3v) is 4.94. The van der Waals surface area contributed by atoms with Crippen molar-refractivity contribution in [3.63, 3.8) is 0 Å². The summed E-state index contributed by atoms with van der Waals surface area (Å²) in [6, 6.07) is 4.26. The van der Waals surface area contributed by atoms with Crippen LogP contribution >= 0.6 is 11.3 Å². The molecular formula is C13H21NOS. The maximum absolute atomic E-state index is 9.39. The largest absolute Gasteiger partial charge is 0.396 e. The van der Waals surface area contributed by atoms with E-state index in [9.17, 15) is 5.11 Å². The van der Waals surface area contributed by atoms with Gasteiger partial charge in [-0.3, -0.25) is 0 Å². The zero-order chi connectivity index (χ0) is 11.8. The van der Waals surface area contributed by atoms with Crippen molar-refractivity contribution in [1.82, 2.24) is 0 Å². The standard InChI is InChI=1S/C13H21NOS/c1-12(2,14)13(7-8-15,10-5-6-10)11-4-3-9-16-11/h3-4,9-10,15H,5-8,14H2,1-2H3. The highest BCUT2D eigenvalue weighted by Crippen LogP contribution is 2.55. The van der Waals surface area contributed by atoms with Gasteiger partial charge < -0.3 is 10.8 Å².